The number of carbonyl (C=O) groups excluding carboxylic acids is 1. The molecule has 3 aromatic carbocycles. The first-order valence-corrected chi connectivity index (χ1v) is 11.7. The summed E-state index contributed by atoms with van der Waals surface area (Å²) < 4.78 is 5.89. The van der Waals surface area contributed by atoms with Crippen molar-refractivity contribution in [3.8, 4) is 0 Å². The molecular formula is C29H32N2O2. The minimum atomic E-state index is -0.560. The molecule has 1 aliphatic rings. The molecular weight excluding hydrogens is 408 g/mol. The van der Waals surface area contributed by atoms with Gasteiger partial charge in [0, 0.05) is 6.04 Å². The second-order valence-electron chi connectivity index (χ2n) is 10.0. The van der Waals surface area contributed by atoms with E-state index in [0.29, 0.717) is 11.6 Å². The molecule has 0 radical (unpaired) electrons. The van der Waals surface area contributed by atoms with Crippen LogP contribution in [0, 0.1) is 6.57 Å². The minimum absolute atomic E-state index is 0.0791. The molecule has 0 aromatic heterocycles. The largest absolute Gasteiger partial charge is 0.444 e. The van der Waals surface area contributed by atoms with Gasteiger partial charge in [-0.15, -0.1) is 0 Å². The fraction of sp³-hybridized carbons (Fsp3) is 0.379. The lowest BCUT2D eigenvalue weighted by molar-refractivity contribution is 0.00693. The lowest BCUT2D eigenvalue weighted by atomic mass is 9.95. The number of carbonyl (C=O) groups is 1. The van der Waals surface area contributed by atoms with Gasteiger partial charge in [-0.2, -0.15) is 0 Å². The van der Waals surface area contributed by atoms with Crippen molar-refractivity contribution in [1.29, 1.82) is 0 Å². The summed E-state index contributed by atoms with van der Waals surface area (Å²) in [5, 5.41) is 2.34. The number of benzene rings is 3. The van der Waals surface area contributed by atoms with E-state index in [0.717, 1.165) is 24.8 Å². The van der Waals surface area contributed by atoms with Gasteiger partial charge >= 0.3 is 6.09 Å². The first-order chi connectivity index (χ1) is 15.8. The van der Waals surface area contributed by atoms with Crippen LogP contribution in [0.4, 0.5) is 10.5 Å². The van der Waals surface area contributed by atoms with Crippen LogP contribution in [0.2, 0.25) is 0 Å². The van der Waals surface area contributed by atoms with Gasteiger partial charge in [-0.05, 0) is 69.2 Å². The molecule has 0 aliphatic heterocycles. The normalized spacial score (nSPS) is 19.1. The summed E-state index contributed by atoms with van der Waals surface area (Å²) in [5.74, 6) is 0.335. The van der Waals surface area contributed by atoms with Crippen LogP contribution in [0.25, 0.3) is 15.6 Å². The Hall–Kier alpha value is -3.32. The number of amides is 1. The Bertz CT molecular complexity index is 1180. The van der Waals surface area contributed by atoms with E-state index < -0.39 is 5.60 Å². The van der Waals surface area contributed by atoms with Gasteiger partial charge in [0.2, 0.25) is 0 Å². The van der Waals surface area contributed by atoms with Gasteiger partial charge in [0.15, 0.2) is 5.69 Å². The predicted molar refractivity (Wildman–Crippen MR) is 134 cm³/mol. The highest BCUT2D eigenvalue weighted by Gasteiger charge is 2.38. The number of ether oxygens (including phenoxy) is 1. The molecule has 0 N–H and O–H groups in total. The Morgan fingerprint density at radius 2 is 1.79 bits per heavy atom. The van der Waals surface area contributed by atoms with E-state index in [1.807, 2.05) is 56.0 Å². The summed E-state index contributed by atoms with van der Waals surface area (Å²) in [4.78, 5) is 19.1. The third-order valence-corrected chi connectivity index (χ3v) is 6.56. The average molecular weight is 441 g/mol. The van der Waals surface area contributed by atoms with Crippen molar-refractivity contribution in [3.05, 3.63) is 89.3 Å². The maximum absolute atomic E-state index is 13.5. The molecule has 1 saturated carbocycles. The standard InChI is InChI=1S/C29H32N2O2/c1-20(26-15-9-11-21-10-6-7-14-27(21)26)31(28(32)33-29(2,3)4)25-17-16-23(19-25)22-12-8-13-24(18-22)30-5/h6-15,18,20,23,25H,16-17,19H2,1-4H3/t20-,23-,25+/m1/s1. The highest BCUT2D eigenvalue weighted by molar-refractivity contribution is 5.86. The molecule has 0 unspecified atom stereocenters. The fourth-order valence-corrected chi connectivity index (χ4v) is 5.06. The molecule has 4 rings (SSSR count). The lowest BCUT2D eigenvalue weighted by Crippen LogP contribution is -2.44. The average Bonchev–Trinajstić information content (AvgIpc) is 3.27. The Morgan fingerprint density at radius 1 is 1.06 bits per heavy atom. The molecule has 3 atom stereocenters. The summed E-state index contributed by atoms with van der Waals surface area (Å²) in [6, 6.07) is 22.5. The Kier molecular flexibility index (Phi) is 6.42. The van der Waals surface area contributed by atoms with Crippen LogP contribution < -0.4 is 0 Å². The van der Waals surface area contributed by atoms with Crippen LogP contribution in [-0.4, -0.2) is 22.6 Å². The molecule has 4 heteroatoms. The first-order valence-electron chi connectivity index (χ1n) is 11.7. The molecule has 1 aliphatic carbocycles. The summed E-state index contributed by atoms with van der Waals surface area (Å²) in [6.45, 7) is 15.2. The monoisotopic (exact) mass is 440 g/mol. The van der Waals surface area contributed by atoms with Crippen molar-refractivity contribution in [3.63, 3.8) is 0 Å². The third-order valence-electron chi connectivity index (χ3n) is 6.56. The van der Waals surface area contributed by atoms with Gasteiger partial charge in [0.25, 0.3) is 0 Å². The molecule has 0 heterocycles. The quantitative estimate of drug-likeness (QED) is 0.385. The van der Waals surface area contributed by atoms with E-state index in [1.165, 1.54) is 16.3 Å². The van der Waals surface area contributed by atoms with E-state index in [-0.39, 0.29) is 18.2 Å². The maximum atomic E-state index is 13.5. The number of nitrogens with zero attached hydrogens (tertiary/aromatic N) is 2. The second kappa shape index (κ2) is 9.27. The first kappa shape index (κ1) is 22.9. The zero-order valence-corrected chi connectivity index (χ0v) is 19.9. The molecule has 0 saturated heterocycles. The van der Waals surface area contributed by atoms with Gasteiger partial charge in [-0.1, -0.05) is 72.3 Å². The summed E-state index contributed by atoms with van der Waals surface area (Å²) in [5.41, 5.74) is 2.44. The molecule has 33 heavy (non-hydrogen) atoms. The van der Waals surface area contributed by atoms with Gasteiger partial charge in [0.1, 0.15) is 5.60 Å². The van der Waals surface area contributed by atoms with Gasteiger partial charge in [0.05, 0.1) is 12.6 Å². The van der Waals surface area contributed by atoms with Gasteiger partial charge < -0.3 is 4.74 Å². The summed E-state index contributed by atoms with van der Waals surface area (Å²) in [7, 11) is 0. The van der Waals surface area contributed by atoms with Crippen molar-refractivity contribution in [2.45, 2.75) is 70.6 Å². The van der Waals surface area contributed by atoms with E-state index >= 15 is 0 Å². The molecule has 1 fully saturated rings. The zero-order chi connectivity index (χ0) is 23.6. The molecule has 0 spiro atoms. The predicted octanol–water partition coefficient (Wildman–Crippen LogP) is 8.02. The van der Waals surface area contributed by atoms with Crippen LogP contribution in [0.5, 0.6) is 0 Å². The minimum Gasteiger partial charge on any atom is -0.444 e. The maximum Gasteiger partial charge on any atom is 0.411 e. The molecule has 0 bridgehead atoms. The van der Waals surface area contributed by atoms with Crippen LogP contribution in [-0.2, 0) is 4.74 Å². The van der Waals surface area contributed by atoms with Crippen molar-refractivity contribution in [1.82, 2.24) is 4.90 Å². The van der Waals surface area contributed by atoms with E-state index in [9.17, 15) is 4.79 Å². The number of hydrogen-bond acceptors (Lipinski definition) is 2. The van der Waals surface area contributed by atoms with E-state index in [1.54, 1.807) is 0 Å². The number of fused-ring (bicyclic) bond motifs is 1. The molecule has 1 amide bonds. The smallest absolute Gasteiger partial charge is 0.411 e. The third kappa shape index (κ3) is 5.03. The van der Waals surface area contributed by atoms with Crippen LogP contribution >= 0.6 is 0 Å². The van der Waals surface area contributed by atoms with Crippen LogP contribution in [0.1, 0.15) is 70.0 Å². The Balaban J connectivity index is 1.67. The van der Waals surface area contributed by atoms with Crippen molar-refractivity contribution >= 4 is 22.6 Å². The Labute approximate surface area is 197 Å². The lowest BCUT2D eigenvalue weighted by Gasteiger charge is -2.37. The van der Waals surface area contributed by atoms with Gasteiger partial charge in [-0.3, -0.25) is 4.90 Å². The van der Waals surface area contributed by atoms with Gasteiger partial charge in [-0.25, -0.2) is 9.64 Å². The van der Waals surface area contributed by atoms with E-state index in [2.05, 4.69) is 48.2 Å². The van der Waals surface area contributed by atoms with Crippen LogP contribution in [0.15, 0.2) is 66.7 Å². The SMILES string of the molecule is [C-]#[N+]c1cccc([C@@H]2CC[C@H](N(C(=O)OC(C)(C)C)[C@H](C)c3cccc4ccccc34)C2)c1. The van der Waals surface area contributed by atoms with E-state index in [4.69, 9.17) is 11.3 Å². The summed E-state index contributed by atoms with van der Waals surface area (Å²) >= 11 is 0. The highest BCUT2D eigenvalue weighted by Crippen LogP contribution is 2.41. The Morgan fingerprint density at radius 3 is 2.55 bits per heavy atom. The van der Waals surface area contributed by atoms with Crippen molar-refractivity contribution in [2.75, 3.05) is 0 Å². The molecule has 170 valence electrons. The topological polar surface area (TPSA) is 33.9 Å². The zero-order valence-electron chi connectivity index (χ0n) is 19.9. The summed E-state index contributed by atoms with van der Waals surface area (Å²) in [6.07, 6.45) is 2.52. The highest BCUT2D eigenvalue weighted by atomic mass is 16.6. The molecule has 4 nitrogen and oxygen atoms in total. The molecule has 3 aromatic rings. The van der Waals surface area contributed by atoms with Crippen molar-refractivity contribution < 1.29 is 9.53 Å². The number of rotatable bonds is 4. The van der Waals surface area contributed by atoms with Crippen LogP contribution in [0.3, 0.4) is 0 Å². The second-order valence-corrected chi connectivity index (χ2v) is 10.0. The van der Waals surface area contributed by atoms with Crippen molar-refractivity contribution in [2.24, 2.45) is 0 Å². The number of hydrogen-bond donors (Lipinski definition) is 0. The fourth-order valence-electron chi connectivity index (χ4n) is 5.06.